The van der Waals surface area contributed by atoms with Crippen molar-refractivity contribution in [1.82, 2.24) is 0 Å². The number of esters is 1. The zero-order chi connectivity index (χ0) is 42.5. The second-order valence-electron chi connectivity index (χ2n) is 16.5. The Morgan fingerprint density at radius 2 is 0.931 bits per heavy atom. The number of ether oxygens (including phenoxy) is 2. The Kier molecular flexibility index (Phi) is 44.6. The number of hydrogen-bond acceptors (Lipinski definition) is 8. The lowest BCUT2D eigenvalue weighted by Gasteiger charge is -2.20. The molecule has 9 nitrogen and oxygen atoms in total. The average molecular weight is 845 g/mol. The topological polar surface area (TPSA) is 132 Å². The van der Waals surface area contributed by atoms with Gasteiger partial charge in [-0.1, -0.05) is 205 Å². The van der Waals surface area contributed by atoms with Crippen molar-refractivity contribution < 1.29 is 43.0 Å². The molecule has 10 heteroatoms. The molecule has 0 aliphatic heterocycles. The predicted molar refractivity (Wildman–Crippen MR) is 242 cm³/mol. The van der Waals surface area contributed by atoms with Crippen LogP contribution in [-0.4, -0.2) is 66.3 Å². The molecule has 0 radical (unpaired) electrons. The number of allylic oxidation sites excluding steroid dienone is 4. The molecule has 0 saturated carbocycles. The van der Waals surface area contributed by atoms with Gasteiger partial charge in [0.2, 0.25) is 0 Å². The van der Waals surface area contributed by atoms with E-state index in [4.69, 9.17) is 23.6 Å². The molecular formula is C48H93O9P. The van der Waals surface area contributed by atoms with E-state index in [9.17, 15) is 19.4 Å². The molecule has 3 N–H and O–H groups in total. The average Bonchev–Trinajstić information content (AvgIpc) is 3.21. The summed E-state index contributed by atoms with van der Waals surface area (Å²) in [5.74, 6) is -0.379. The van der Waals surface area contributed by atoms with Crippen LogP contribution < -0.4 is 0 Å². The van der Waals surface area contributed by atoms with Crippen molar-refractivity contribution in [3.63, 3.8) is 0 Å². The molecule has 0 saturated heterocycles. The van der Waals surface area contributed by atoms with E-state index in [-0.39, 0.29) is 25.6 Å². The molecule has 3 atom stereocenters. The summed E-state index contributed by atoms with van der Waals surface area (Å²) in [5.41, 5.74) is 0. The maximum atomic E-state index is 12.7. The van der Waals surface area contributed by atoms with E-state index in [1.54, 1.807) is 0 Å². The molecule has 0 bridgehead atoms. The molecule has 0 spiro atoms. The lowest BCUT2D eigenvalue weighted by atomic mass is 10.0. The van der Waals surface area contributed by atoms with Gasteiger partial charge in [-0.15, -0.1) is 0 Å². The van der Waals surface area contributed by atoms with Gasteiger partial charge in [0.05, 0.1) is 26.4 Å². The van der Waals surface area contributed by atoms with Crippen LogP contribution in [0.25, 0.3) is 0 Å². The number of rotatable bonds is 47. The first-order chi connectivity index (χ1) is 28.3. The van der Waals surface area contributed by atoms with Crippen LogP contribution in [0.1, 0.15) is 232 Å². The minimum Gasteiger partial charge on any atom is -0.457 e. The number of carbonyl (C=O) groups excluding carboxylic acids is 1. The number of phosphoric acid groups is 1. The third-order valence-electron chi connectivity index (χ3n) is 10.6. The first-order valence-electron chi connectivity index (χ1n) is 24.3. The normalized spacial score (nSPS) is 14.1. The Balaban J connectivity index is 4.08. The van der Waals surface area contributed by atoms with Gasteiger partial charge in [0.1, 0.15) is 12.2 Å². The van der Waals surface area contributed by atoms with E-state index in [2.05, 4.69) is 38.2 Å². The highest BCUT2D eigenvalue weighted by Gasteiger charge is 2.26. The highest BCUT2D eigenvalue weighted by Crippen LogP contribution is 2.43. The fourth-order valence-electron chi connectivity index (χ4n) is 6.92. The number of phosphoric ester groups is 1. The van der Waals surface area contributed by atoms with E-state index in [1.165, 1.54) is 167 Å². The highest BCUT2D eigenvalue weighted by molar-refractivity contribution is 7.47. The maximum absolute atomic E-state index is 12.7. The fraction of sp³-hybridized carbons (Fsp3) is 0.896. The Bertz CT molecular complexity index is 959. The molecule has 0 aliphatic rings. The van der Waals surface area contributed by atoms with Gasteiger partial charge in [-0.25, -0.2) is 4.57 Å². The highest BCUT2D eigenvalue weighted by atomic mass is 31.2. The second-order valence-corrected chi connectivity index (χ2v) is 17.9. The minimum absolute atomic E-state index is 0.0516. The quantitative estimate of drug-likeness (QED) is 0.0237. The van der Waals surface area contributed by atoms with E-state index in [1.807, 2.05) is 0 Å². The van der Waals surface area contributed by atoms with Gasteiger partial charge in [0, 0.05) is 13.0 Å². The zero-order valence-corrected chi connectivity index (χ0v) is 38.7. The van der Waals surface area contributed by atoms with Crippen LogP contribution in [0.15, 0.2) is 24.3 Å². The summed E-state index contributed by atoms with van der Waals surface area (Å²) in [7, 11) is -4.52. The van der Waals surface area contributed by atoms with Crippen LogP contribution in [0.5, 0.6) is 0 Å². The SMILES string of the molecule is CCCCC/C=C\C/C=C\CCCCCCCCCCCCOCC(COP(=O)(O)OCC(O)CO)OC(=O)CCCCCCCCCCCCCCCCCCC. The van der Waals surface area contributed by atoms with Crippen LogP contribution in [0, 0.1) is 0 Å². The summed E-state index contributed by atoms with van der Waals surface area (Å²) in [5, 5.41) is 18.4. The van der Waals surface area contributed by atoms with Crippen molar-refractivity contribution in [2.24, 2.45) is 0 Å². The van der Waals surface area contributed by atoms with Gasteiger partial charge in [-0.2, -0.15) is 0 Å². The van der Waals surface area contributed by atoms with Gasteiger partial charge in [-0.3, -0.25) is 13.8 Å². The molecule has 344 valence electrons. The lowest BCUT2D eigenvalue weighted by molar-refractivity contribution is -0.154. The summed E-state index contributed by atoms with van der Waals surface area (Å²) in [6, 6.07) is 0. The molecule has 0 aromatic carbocycles. The van der Waals surface area contributed by atoms with Crippen molar-refractivity contribution in [2.45, 2.75) is 244 Å². The van der Waals surface area contributed by atoms with Crippen LogP contribution in [-0.2, 0) is 27.9 Å². The first-order valence-corrected chi connectivity index (χ1v) is 25.8. The molecule has 0 fully saturated rings. The van der Waals surface area contributed by atoms with Crippen molar-refractivity contribution in [3.8, 4) is 0 Å². The molecule has 0 aromatic heterocycles. The fourth-order valence-corrected chi connectivity index (χ4v) is 7.71. The summed E-state index contributed by atoms with van der Waals surface area (Å²) < 4.78 is 33.5. The minimum atomic E-state index is -4.52. The smallest absolute Gasteiger partial charge is 0.457 e. The van der Waals surface area contributed by atoms with E-state index in [0.717, 1.165) is 44.9 Å². The van der Waals surface area contributed by atoms with E-state index >= 15 is 0 Å². The summed E-state index contributed by atoms with van der Waals surface area (Å²) in [6.45, 7) is 3.54. The molecule has 0 rings (SSSR count). The Labute approximate surface area is 357 Å². The first kappa shape index (κ1) is 56.9. The van der Waals surface area contributed by atoms with Crippen LogP contribution in [0.2, 0.25) is 0 Å². The Morgan fingerprint density at radius 1 is 0.534 bits per heavy atom. The van der Waals surface area contributed by atoms with Gasteiger partial charge in [0.25, 0.3) is 0 Å². The van der Waals surface area contributed by atoms with Gasteiger partial charge >= 0.3 is 13.8 Å². The second kappa shape index (κ2) is 45.5. The Morgan fingerprint density at radius 3 is 1.41 bits per heavy atom. The number of unbranched alkanes of at least 4 members (excludes halogenated alkanes) is 29. The molecule has 58 heavy (non-hydrogen) atoms. The van der Waals surface area contributed by atoms with Crippen LogP contribution >= 0.6 is 7.82 Å². The van der Waals surface area contributed by atoms with Crippen LogP contribution in [0.4, 0.5) is 0 Å². The maximum Gasteiger partial charge on any atom is 0.472 e. The molecule has 0 aliphatic carbocycles. The molecule has 0 aromatic rings. The van der Waals surface area contributed by atoms with E-state index in [0.29, 0.717) is 6.61 Å². The molecule has 3 unspecified atom stereocenters. The Hall–Kier alpha value is -1.06. The molecular weight excluding hydrogens is 751 g/mol. The summed E-state index contributed by atoms with van der Waals surface area (Å²) in [6.07, 6.45) is 48.5. The standard InChI is InChI=1S/C48H93O9P/c1-3-5-7-9-11-13-15-17-19-21-22-23-25-27-29-31-33-35-37-39-41-54-44-47(45-56-58(52,53)55-43-46(50)42-49)57-48(51)40-38-36-34-32-30-28-26-24-20-18-16-14-12-10-8-6-4-2/h11,13,17,19,46-47,49-50H,3-10,12,14-16,18,20-45H2,1-2H3,(H,52,53)/b13-11-,19-17-. The van der Waals surface area contributed by atoms with Crippen molar-refractivity contribution in [3.05, 3.63) is 24.3 Å². The third kappa shape index (κ3) is 44.5. The zero-order valence-electron chi connectivity index (χ0n) is 37.8. The summed E-state index contributed by atoms with van der Waals surface area (Å²) >= 11 is 0. The van der Waals surface area contributed by atoms with E-state index < -0.39 is 33.2 Å². The van der Waals surface area contributed by atoms with Gasteiger partial charge in [0.15, 0.2) is 0 Å². The van der Waals surface area contributed by atoms with Crippen molar-refractivity contribution in [1.29, 1.82) is 0 Å². The number of hydrogen-bond donors (Lipinski definition) is 3. The molecule has 0 amide bonds. The van der Waals surface area contributed by atoms with Gasteiger partial charge < -0.3 is 24.6 Å². The lowest BCUT2D eigenvalue weighted by Crippen LogP contribution is -2.29. The predicted octanol–water partition coefficient (Wildman–Crippen LogP) is 13.8. The van der Waals surface area contributed by atoms with Crippen molar-refractivity contribution >= 4 is 13.8 Å². The summed E-state index contributed by atoms with van der Waals surface area (Å²) in [4.78, 5) is 22.6. The molecule has 0 heterocycles. The van der Waals surface area contributed by atoms with Gasteiger partial charge in [-0.05, 0) is 44.9 Å². The third-order valence-corrected chi connectivity index (χ3v) is 11.6. The van der Waals surface area contributed by atoms with Crippen LogP contribution in [0.3, 0.4) is 0 Å². The number of carbonyl (C=O) groups is 1. The van der Waals surface area contributed by atoms with Crippen molar-refractivity contribution in [2.75, 3.05) is 33.0 Å². The number of aliphatic hydroxyl groups excluding tert-OH is 2. The monoisotopic (exact) mass is 845 g/mol. The number of aliphatic hydroxyl groups is 2. The largest absolute Gasteiger partial charge is 0.472 e.